The zero-order valence-corrected chi connectivity index (χ0v) is 8.95. The summed E-state index contributed by atoms with van der Waals surface area (Å²) in [6.07, 6.45) is -0.817. The quantitative estimate of drug-likeness (QED) is 0.797. The molecule has 0 heterocycles. The number of alkyl halides is 1. The summed E-state index contributed by atoms with van der Waals surface area (Å²) in [6.45, 7) is 0. The number of hydrogen-bond acceptors (Lipinski definition) is 3. The summed E-state index contributed by atoms with van der Waals surface area (Å²) in [5, 5.41) is 9.68. The Morgan fingerprint density at radius 1 is 1.38 bits per heavy atom. The molecule has 0 saturated carbocycles. The maximum Gasteiger partial charge on any atom is 0.359 e. The van der Waals surface area contributed by atoms with Gasteiger partial charge in [-0.25, -0.2) is 22.7 Å². The van der Waals surface area contributed by atoms with Gasteiger partial charge in [0.25, 0.3) is 10.0 Å². The van der Waals surface area contributed by atoms with E-state index < -0.39 is 27.4 Å². The second-order valence-corrected chi connectivity index (χ2v) is 4.98. The Labute approximate surface area is 91.7 Å². The van der Waals surface area contributed by atoms with Crippen LogP contribution in [-0.2, 0) is 21.2 Å². The largest absolute Gasteiger partial charge is 0.478 e. The van der Waals surface area contributed by atoms with E-state index in [4.69, 9.17) is 5.11 Å². The van der Waals surface area contributed by atoms with E-state index in [1.807, 2.05) is 0 Å². The molecule has 0 aliphatic carbocycles. The van der Waals surface area contributed by atoms with Crippen molar-refractivity contribution in [2.24, 2.45) is 5.14 Å². The molecule has 1 atom stereocenters. The fraction of sp³-hybridized carbons (Fsp3) is 0.222. The van der Waals surface area contributed by atoms with Crippen molar-refractivity contribution >= 4 is 16.0 Å². The lowest BCUT2D eigenvalue weighted by Gasteiger charge is -2.17. The van der Waals surface area contributed by atoms with Gasteiger partial charge in [0.05, 0.1) is 0 Å². The van der Waals surface area contributed by atoms with E-state index in [9.17, 15) is 17.6 Å². The van der Waals surface area contributed by atoms with Gasteiger partial charge in [-0.2, -0.15) is 0 Å². The molecule has 0 amide bonds. The maximum atomic E-state index is 13.8. The fourth-order valence-electron chi connectivity index (χ4n) is 1.16. The molecule has 1 unspecified atom stereocenters. The molecular weight excluding hydrogens is 237 g/mol. The Morgan fingerprint density at radius 2 is 1.88 bits per heavy atom. The molecule has 0 saturated heterocycles. The van der Waals surface area contributed by atoms with E-state index in [0.717, 1.165) is 0 Å². The van der Waals surface area contributed by atoms with Gasteiger partial charge in [-0.1, -0.05) is 30.3 Å². The first-order valence-electron chi connectivity index (χ1n) is 4.26. The van der Waals surface area contributed by atoms with Gasteiger partial charge in [0.2, 0.25) is 0 Å². The van der Waals surface area contributed by atoms with E-state index in [1.165, 1.54) is 12.1 Å². The highest BCUT2D eigenvalue weighted by Crippen LogP contribution is 2.23. The number of aliphatic carboxylic acids is 1. The van der Waals surface area contributed by atoms with Crippen molar-refractivity contribution < 1.29 is 22.7 Å². The summed E-state index contributed by atoms with van der Waals surface area (Å²) < 4.78 is 35.6. The minimum Gasteiger partial charge on any atom is -0.478 e. The van der Waals surface area contributed by atoms with Crippen molar-refractivity contribution in [3.8, 4) is 0 Å². The number of rotatable bonds is 4. The molecule has 0 aliphatic rings. The van der Waals surface area contributed by atoms with Crippen molar-refractivity contribution in [1.82, 2.24) is 0 Å². The second-order valence-electron chi connectivity index (χ2n) is 3.24. The molecule has 1 aromatic carbocycles. The summed E-state index contributed by atoms with van der Waals surface area (Å²) >= 11 is 0. The monoisotopic (exact) mass is 247 g/mol. The van der Waals surface area contributed by atoms with Gasteiger partial charge < -0.3 is 5.11 Å². The topological polar surface area (TPSA) is 97.5 Å². The second kappa shape index (κ2) is 4.18. The van der Waals surface area contributed by atoms with Crippen LogP contribution < -0.4 is 5.14 Å². The van der Waals surface area contributed by atoms with Crippen LogP contribution >= 0.6 is 0 Å². The standard InChI is InChI=1S/C9H10FNO4S/c10-9(8(12)13,16(11,14)15)6-7-4-2-1-3-5-7/h1-5H,6H2,(H,12,13)(H2,11,14,15). The van der Waals surface area contributed by atoms with Crippen LogP contribution in [0.1, 0.15) is 5.56 Å². The summed E-state index contributed by atoms with van der Waals surface area (Å²) in [4.78, 5) is 10.6. The van der Waals surface area contributed by atoms with E-state index in [0.29, 0.717) is 0 Å². The third-order valence-electron chi connectivity index (χ3n) is 2.04. The molecule has 0 bridgehead atoms. The van der Waals surface area contributed by atoms with Crippen molar-refractivity contribution in [1.29, 1.82) is 0 Å². The Balaban J connectivity index is 3.13. The highest BCUT2D eigenvalue weighted by molar-refractivity contribution is 7.91. The van der Waals surface area contributed by atoms with Crippen molar-refractivity contribution in [3.63, 3.8) is 0 Å². The minimum absolute atomic E-state index is 0.237. The van der Waals surface area contributed by atoms with Gasteiger partial charge in [0, 0.05) is 6.42 Å². The highest BCUT2D eigenvalue weighted by atomic mass is 32.2. The van der Waals surface area contributed by atoms with Crippen LogP contribution in [0.2, 0.25) is 0 Å². The van der Waals surface area contributed by atoms with Crippen LogP contribution in [0.3, 0.4) is 0 Å². The molecule has 16 heavy (non-hydrogen) atoms. The molecule has 7 heteroatoms. The first-order valence-corrected chi connectivity index (χ1v) is 5.80. The number of halogens is 1. The van der Waals surface area contributed by atoms with Crippen LogP contribution in [0.25, 0.3) is 0 Å². The average molecular weight is 247 g/mol. The van der Waals surface area contributed by atoms with E-state index in [2.05, 4.69) is 5.14 Å². The lowest BCUT2D eigenvalue weighted by molar-refractivity contribution is -0.145. The maximum absolute atomic E-state index is 13.8. The van der Waals surface area contributed by atoms with Gasteiger partial charge in [0.1, 0.15) is 0 Å². The number of nitrogens with two attached hydrogens (primary N) is 1. The van der Waals surface area contributed by atoms with Gasteiger partial charge in [-0.05, 0) is 5.56 Å². The Kier molecular flexibility index (Phi) is 3.30. The van der Waals surface area contributed by atoms with Crippen LogP contribution in [-0.4, -0.2) is 24.5 Å². The molecule has 0 radical (unpaired) electrons. The van der Waals surface area contributed by atoms with Crippen LogP contribution in [0.4, 0.5) is 4.39 Å². The molecule has 0 fully saturated rings. The van der Waals surface area contributed by atoms with Gasteiger partial charge in [0.15, 0.2) is 0 Å². The number of hydrogen-bond donors (Lipinski definition) is 2. The number of carboxylic acid groups (broad SMARTS) is 1. The lowest BCUT2D eigenvalue weighted by atomic mass is 10.1. The third-order valence-corrected chi connectivity index (χ3v) is 3.27. The van der Waals surface area contributed by atoms with Gasteiger partial charge in [-0.15, -0.1) is 0 Å². The Morgan fingerprint density at radius 3 is 2.25 bits per heavy atom. The van der Waals surface area contributed by atoms with Gasteiger partial charge in [-0.3, -0.25) is 0 Å². The molecule has 0 aliphatic heterocycles. The predicted molar refractivity (Wildman–Crippen MR) is 54.7 cm³/mol. The van der Waals surface area contributed by atoms with Crippen molar-refractivity contribution in [2.45, 2.75) is 11.4 Å². The van der Waals surface area contributed by atoms with Crippen LogP contribution in [0, 0.1) is 0 Å². The zero-order valence-electron chi connectivity index (χ0n) is 8.13. The molecular formula is C9H10FNO4S. The molecule has 5 nitrogen and oxygen atoms in total. The first-order chi connectivity index (χ1) is 7.27. The SMILES string of the molecule is NS(=O)(=O)C(F)(Cc1ccccc1)C(=O)O. The molecule has 0 aromatic heterocycles. The molecule has 0 spiro atoms. The Hall–Kier alpha value is -1.47. The van der Waals surface area contributed by atoms with Crippen LogP contribution in [0.5, 0.6) is 0 Å². The average Bonchev–Trinajstić information content (AvgIpc) is 2.17. The molecule has 1 aromatic rings. The smallest absolute Gasteiger partial charge is 0.359 e. The summed E-state index contributed by atoms with van der Waals surface area (Å²) in [6, 6.07) is 7.56. The van der Waals surface area contributed by atoms with E-state index in [-0.39, 0.29) is 5.56 Å². The number of primary sulfonamides is 1. The third kappa shape index (κ3) is 2.37. The molecule has 3 N–H and O–H groups in total. The predicted octanol–water partition coefficient (Wildman–Crippen LogP) is 0.268. The lowest BCUT2D eigenvalue weighted by Crippen LogP contribution is -2.48. The molecule has 1 rings (SSSR count). The Bertz CT molecular complexity index is 487. The number of carboxylic acids is 1. The summed E-state index contributed by atoms with van der Waals surface area (Å²) in [5.74, 6) is -2.11. The number of carbonyl (C=O) groups is 1. The van der Waals surface area contributed by atoms with E-state index in [1.54, 1.807) is 18.2 Å². The van der Waals surface area contributed by atoms with Crippen molar-refractivity contribution in [3.05, 3.63) is 35.9 Å². The fourth-order valence-corrected chi connectivity index (χ4v) is 1.77. The van der Waals surface area contributed by atoms with E-state index >= 15 is 0 Å². The zero-order chi connectivity index (χ0) is 12.4. The normalized spacial score (nSPS) is 15.4. The molecule has 88 valence electrons. The first kappa shape index (κ1) is 12.6. The van der Waals surface area contributed by atoms with Gasteiger partial charge >= 0.3 is 11.0 Å². The highest BCUT2D eigenvalue weighted by Gasteiger charge is 2.50. The number of benzene rings is 1. The van der Waals surface area contributed by atoms with Crippen LogP contribution in [0.15, 0.2) is 30.3 Å². The summed E-state index contributed by atoms with van der Waals surface area (Å²) in [7, 11) is -4.83. The number of sulfonamides is 1. The van der Waals surface area contributed by atoms with Crippen molar-refractivity contribution in [2.75, 3.05) is 0 Å². The minimum atomic E-state index is -4.83. The summed E-state index contributed by atoms with van der Waals surface area (Å²) in [5.41, 5.74) is 0.237.